The Hall–Kier alpha value is -0.890. The van der Waals surface area contributed by atoms with Crippen LogP contribution in [0.4, 0.5) is 10.1 Å². The molecule has 1 fully saturated rings. The quantitative estimate of drug-likeness (QED) is 0.711. The molecule has 0 spiro atoms. The number of nitrogens with two attached hydrogens (primary N) is 1. The summed E-state index contributed by atoms with van der Waals surface area (Å²) < 4.78 is 40.0. The number of aliphatic hydroxyl groups excluding tert-OH is 1. The van der Waals surface area contributed by atoms with Crippen LogP contribution in [-0.4, -0.2) is 26.7 Å². The molecule has 19 heavy (non-hydrogen) atoms. The summed E-state index contributed by atoms with van der Waals surface area (Å²) in [6, 6.07) is 2.15. The molecule has 106 valence electrons. The van der Waals surface area contributed by atoms with Crippen LogP contribution in [0.25, 0.3) is 0 Å². The summed E-state index contributed by atoms with van der Waals surface area (Å²) in [5, 5.41) is 9.16. The van der Waals surface area contributed by atoms with Crippen LogP contribution in [0.3, 0.4) is 0 Å². The first-order valence-electron chi connectivity index (χ1n) is 5.65. The van der Waals surface area contributed by atoms with Crippen molar-refractivity contribution in [3.05, 3.63) is 23.0 Å². The first kappa shape index (κ1) is 14.5. The fourth-order valence-electron chi connectivity index (χ4n) is 1.67. The van der Waals surface area contributed by atoms with Crippen LogP contribution in [0.15, 0.2) is 17.0 Å². The average Bonchev–Trinajstić information content (AvgIpc) is 3.12. The zero-order valence-corrected chi connectivity index (χ0v) is 11.6. The van der Waals surface area contributed by atoms with E-state index in [9.17, 15) is 12.8 Å². The number of benzene rings is 1. The summed E-state index contributed by atoms with van der Waals surface area (Å²) in [6.07, 6.45) is 1.48. The molecule has 5 nitrogen and oxygen atoms in total. The molecule has 0 amide bonds. The summed E-state index contributed by atoms with van der Waals surface area (Å²) in [6.45, 7) is -0.0343. The molecule has 0 aromatic heterocycles. The highest BCUT2D eigenvalue weighted by Gasteiger charge is 2.42. The Morgan fingerprint density at radius 3 is 2.63 bits per heavy atom. The molecule has 0 atom stereocenters. The van der Waals surface area contributed by atoms with Crippen LogP contribution in [0.2, 0.25) is 5.02 Å². The van der Waals surface area contributed by atoms with E-state index in [1.54, 1.807) is 0 Å². The SMILES string of the molecule is Nc1cc(Cl)cc(S(=O)(=O)NCC2(CO)CC2)c1F. The van der Waals surface area contributed by atoms with Gasteiger partial charge in [-0.3, -0.25) is 0 Å². The largest absolute Gasteiger partial charge is 0.396 e. The van der Waals surface area contributed by atoms with E-state index < -0.39 is 26.2 Å². The molecule has 0 unspecified atom stereocenters. The smallest absolute Gasteiger partial charge is 0.243 e. The third-order valence-electron chi connectivity index (χ3n) is 3.25. The predicted molar refractivity (Wildman–Crippen MR) is 69.8 cm³/mol. The lowest BCUT2D eigenvalue weighted by Gasteiger charge is -2.14. The van der Waals surface area contributed by atoms with Crippen molar-refractivity contribution in [2.75, 3.05) is 18.9 Å². The fourth-order valence-corrected chi connectivity index (χ4v) is 3.25. The van der Waals surface area contributed by atoms with Gasteiger partial charge in [-0.2, -0.15) is 0 Å². The molecule has 8 heteroatoms. The minimum atomic E-state index is -4.04. The summed E-state index contributed by atoms with van der Waals surface area (Å²) in [7, 11) is -4.04. The Morgan fingerprint density at radius 1 is 1.47 bits per heavy atom. The highest BCUT2D eigenvalue weighted by Crippen LogP contribution is 2.44. The number of nitrogens with one attached hydrogen (secondary N) is 1. The molecule has 0 aliphatic heterocycles. The van der Waals surface area contributed by atoms with E-state index >= 15 is 0 Å². The maximum atomic E-state index is 13.7. The van der Waals surface area contributed by atoms with Crippen molar-refractivity contribution >= 4 is 27.3 Å². The summed E-state index contributed by atoms with van der Waals surface area (Å²) in [5.41, 5.74) is 4.61. The molecule has 0 radical (unpaired) electrons. The Morgan fingerprint density at radius 2 is 2.11 bits per heavy atom. The van der Waals surface area contributed by atoms with Gasteiger partial charge in [0.25, 0.3) is 0 Å². The van der Waals surface area contributed by atoms with Crippen LogP contribution in [0, 0.1) is 11.2 Å². The topological polar surface area (TPSA) is 92.4 Å². The van der Waals surface area contributed by atoms with Crippen LogP contribution in [0.5, 0.6) is 0 Å². The summed E-state index contributed by atoms with van der Waals surface area (Å²) >= 11 is 5.68. The van der Waals surface area contributed by atoms with E-state index in [1.165, 1.54) is 0 Å². The van der Waals surface area contributed by atoms with Gasteiger partial charge in [-0.25, -0.2) is 17.5 Å². The number of hydrogen-bond acceptors (Lipinski definition) is 4. The molecule has 0 heterocycles. The molecular formula is C11H14ClFN2O3S. The second-order valence-corrected chi connectivity index (χ2v) is 6.96. The monoisotopic (exact) mass is 308 g/mol. The number of halogens is 2. The molecular weight excluding hydrogens is 295 g/mol. The van der Waals surface area contributed by atoms with Crippen molar-refractivity contribution < 1.29 is 17.9 Å². The van der Waals surface area contributed by atoms with E-state index in [0.29, 0.717) is 0 Å². The third kappa shape index (κ3) is 3.00. The van der Waals surface area contributed by atoms with Gasteiger partial charge in [0.15, 0.2) is 5.82 Å². The molecule has 0 saturated heterocycles. The van der Waals surface area contributed by atoms with Crippen molar-refractivity contribution in [1.29, 1.82) is 0 Å². The van der Waals surface area contributed by atoms with Gasteiger partial charge < -0.3 is 10.8 Å². The number of aliphatic hydroxyl groups is 1. The number of sulfonamides is 1. The molecule has 2 rings (SSSR count). The summed E-state index contributed by atoms with van der Waals surface area (Å²) in [4.78, 5) is -0.578. The lowest BCUT2D eigenvalue weighted by atomic mass is 10.1. The van der Waals surface area contributed by atoms with Gasteiger partial charge in [0.2, 0.25) is 10.0 Å². The van der Waals surface area contributed by atoms with Crippen LogP contribution < -0.4 is 10.5 Å². The Labute approximate surface area is 115 Å². The number of hydrogen-bond donors (Lipinski definition) is 3. The van der Waals surface area contributed by atoms with E-state index in [0.717, 1.165) is 25.0 Å². The second-order valence-electron chi connectivity index (χ2n) is 4.79. The van der Waals surface area contributed by atoms with E-state index in [-0.39, 0.29) is 23.9 Å². The number of nitrogen functional groups attached to an aromatic ring is 1. The number of rotatable bonds is 5. The predicted octanol–water partition coefficient (Wildman–Crippen LogP) is 1.11. The van der Waals surface area contributed by atoms with Crippen LogP contribution in [0.1, 0.15) is 12.8 Å². The van der Waals surface area contributed by atoms with Gasteiger partial charge in [-0.15, -0.1) is 0 Å². The minimum Gasteiger partial charge on any atom is -0.396 e. The molecule has 1 aromatic rings. The van der Waals surface area contributed by atoms with Crippen LogP contribution >= 0.6 is 11.6 Å². The van der Waals surface area contributed by atoms with E-state index in [2.05, 4.69) is 4.72 Å². The lowest BCUT2D eigenvalue weighted by Crippen LogP contribution is -2.32. The van der Waals surface area contributed by atoms with Crippen molar-refractivity contribution in [2.45, 2.75) is 17.7 Å². The van der Waals surface area contributed by atoms with Gasteiger partial charge >= 0.3 is 0 Å². The lowest BCUT2D eigenvalue weighted by molar-refractivity contribution is 0.213. The van der Waals surface area contributed by atoms with Gasteiger partial charge in [-0.1, -0.05) is 11.6 Å². The zero-order valence-electron chi connectivity index (χ0n) is 9.99. The van der Waals surface area contributed by atoms with Crippen molar-refractivity contribution in [2.24, 2.45) is 5.41 Å². The molecule has 4 N–H and O–H groups in total. The number of anilines is 1. The Balaban J connectivity index is 2.25. The van der Waals surface area contributed by atoms with Gasteiger partial charge in [-0.05, 0) is 25.0 Å². The van der Waals surface area contributed by atoms with E-state index in [4.69, 9.17) is 22.4 Å². The van der Waals surface area contributed by atoms with Gasteiger partial charge in [0.05, 0.1) is 5.69 Å². The zero-order chi connectivity index (χ0) is 14.3. The standard InChI is InChI=1S/C11H14ClFN2O3S/c12-7-3-8(14)10(13)9(4-7)19(17,18)15-5-11(6-16)1-2-11/h3-4,15-16H,1-2,5-6,14H2. The minimum absolute atomic E-state index is 0.0440. The maximum absolute atomic E-state index is 13.7. The van der Waals surface area contributed by atoms with Crippen LogP contribution in [-0.2, 0) is 10.0 Å². The van der Waals surface area contributed by atoms with Crippen molar-refractivity contribution in [3.63, 3.8) is 0 Å². The fraction of sp³-hybridized carbons (Fsp3) is 0.455. The first-order chi connectivity index (χ1) is 8.80. The maximum Gasteiger partial charge on any atom is 0.243 e. The Kier molecular flexibility index (Phi) is 3.74. The van der Waals surface area contributed by atoms with Crippen molar-refractivity contribution in [3.8, 4) is 0 Å². The third-order valence-corrected chi connectivity index (χ3v) is 4.87. The highest BCUT2D eigenvalue weighted by molar-refractivity contribution is 7.89. The highest BCUT2D eigenvalue weighted by atomic mass is 35.5. The van der Waals surface area contributed by atoms with E-state index in [1.807, 2.05) is 0 Å². The van der Waals surface area contributed by atoms with Crippen molar-refractivity contribution in [1.82, 2.24) is 4.72 Å². The Bertz CT molecular complexity index is 602. The van der Waals surface area contributed by atoms with Gasteiger partial charge in [0, 0.05) is 23.6 Å². The normalized spacial score (nSPS) is 17.4. The van der Waals surface area contributed by atoms with Gasteiger partial charge in [0.1, 0.15) is 4.90 Å². The average molecular weight is 309 g/mol. The second kappa shape index (κ2) is 4.90. The molecule has 1 aliphatic carbocycles. The molecule has 1 aliphatic rings. The first-order valence-corrected chi connectivity index (χ1v) is 7.51. The molecule has 1 saturated carbocycles. The molecule has 1 aromatic carbocycles. The summed E-state index contributed by atoms with van der Waals surface area (Å²) in [5.74, 6) is -1.02. The molecule has 0 bridgehead atoms.